The van der Waals surface area contributed by atoms with Crippen LogP contribution in [-0.4, -0.2) is 41.6 Å². The number of hydrogen-bond donors (Lipinski definition) is 1. The van der Waals surface area contributed by atoms with Crippen LogP contribution in [0, 0.1) is 5.92 Å². The van der Waals surface area contributed by atoms with Gasteiger partial charge in [-0.05, 0) is 24.5 Å². The molecular weight excluding hydrogens is 298 g/mol. The third-order valence-corrected chi connectivity index (χ3v) is 3.54. The van der Waals surface area contributed by atoms with E-state index in [1.165, 1.54) is 11.0 Å². The Bertz CT molecular complexity index is 623. The molecule has 1 heterocycles. The first-order valence-corrected chi connectivity index (χ1v) is 7.46. The zero-order chi connectivity index (χ0) is 17.0. The molecule has 1 aromatic rings. The Morgan fingerprint density at radius 3 is 2.65 bits per heavy atom. The van der Waals surface area contributed by atoms with Crippen LogP contribution in [0.5, 0.6) is 11.5 Å². The van der Waals surface area contributed by atoms with Crippen molar-refractivity contribution in [3.63, 3.8) is 0 Å². The number of rotatable bonds is 7. The zero-order valence-electron chi connectivity index (χ0n) is 13.5. The fourth-order valence-electron chi connectivity index (χ4n) is 2.46. The number of nitrogens with zero attached hydrogens (tertiary/aromatic N) is 1. The molecule has 1 aromatic carbocycles. The van der Waals surface area contributed by atoms with Crippen molar-refractivity contribution < 1.29 is 24.2 Å². The van der Waals surface area contributed by atoms with Crippen molar-refractivity contribution in [1.29, 1.82) is 0 Å². The van der Waals surface area contributed by atoms with Gasteiger partial charge in [-0.15, -0.1) is 0 Å². The molecule has 6 nitrogen and oxygen atoms in total. The maximum absolute atomic E-state index is 12.1. The van der Waals surface area contributed by atoms with E-state index in [9.17, 15) is 14.7 Å². The molecule has 0 fully saturated rings. The fourth-order valence-corrected chi connectivity index (χ4v) is 2.46. The van der Waals surface area contributed by atoms with E-state index in [1.807, 2.05) is 13.8 Å². The summed E-state index contributed by atoms with van der Waals surface area (Å²) in [5.74, 6) is 0.457. The van der Waals surface area contributed by atoms with Gasteiger partial charge in [0.05, 0.1) is 13.7 Å². The Morgan fingerprint density at radius 2 is 2.04 bits per heavy atom. The number of amides is 1. The van der Waals surface area contributed by atoms with Gasteiger partial charge in [0.25, 0.3) is 5.91 Å². The minimum absolute atomic E-state index is 0.153. The van der Waals surface area contributed by atoms with Gasteiger partial charge < -0.3 is 19.5 Å². The summed E-state index contributed by atoms with van der Waals surface area (Å²) >= 11 is 0. The van der Waals surface area contributed by atoms with Crippen molar-refractivity contribution in [1.82, 2.24) is 4.90 Å². The van der Waals surface area contributed by atoms with Crippen LogP contribution in [0.25, 0.3) is 0 Å². The molecule has 0 saturated heterocycles. The third kappa shape index (κ3) is 4.25. The molecule has 1 aliphatic heterocycles. The Hall–Kier alpha value is -2.50. The van der Waals surface area contributed by atoms with Crippen LogP contribution in [0.3, 0.4) is 0 Å². The van der Waals surface area contributed by atoms with Crippen LogP contribution in [0.15, 0.2) is 36.1 Å². The van der Waals surface area contributed by atoms with Gasteiger partial charge in [0.1, 0.15) is 23.3 Å². The van der Waals surface area contributed by atoms with Gasteiger partial charge in [-0.25, -0.2) is 4.79 Å². The summed E-state index contributed by atoms with van der Waals surface area (Å²) < 4.78 is 10.8. The summed E-state index contributed by atoms with van der Waals surface area (Å²) in [4.78, 5) is 24.9. The van der Waals surface area contributed by atoms with Crippen LogP contribution >= 0.6 is 0 Å². The van der Waals surface area contributed by atoms with E-state index in [4.69, 9.17) is 9.47 Å². The first kappa shape index (κ1) is 16.9. The van der Waals surface area contributed by atoms with Gasteiger partial charge in [-0.3, -0.25) is 4.79 Å². The number of aliphatic carboxylic acids is 1. The molecular formula is C17H21NO5. The molecule has 1 unspecified atom stereocenters. The SMILES string of the molecule is COc1cccc(OC2=CC(=O)N(C(CC(C)C)C(=O)O)C2)c1. The predicted octanol–water partition coefficient (Wildman–Crippen LogP) is 2.30. The molecule has 0 bridgehead atoms. The van der Waals surface area contributed by atoms with E-state index in [-0.39, 0.29) is 18.4 Å². The quantitative estimate of drug-likeness (QED) is 0.834. The summed E-state index contributed by atoms with van der Waals surface area (Å²) in [5, 5.41) is 9.37. The normalized spacial score (nSPS) is 15.6. The maximum atomic E-state index is 12.1. The Balaban J connectivity index is 2.08. The smallest absolute Gasteiger partial charge is 0.326 e. The highest BCUT2D eigenvalue weighted by atomic mass is 16.5. The van der Waals surface area contributed by atoms with Crippen LogP contribution in [-0.2, 0) is 9.59 Å². The molecule has 0 aromatic heterocycles. The number of methoxy groups -OCH3 is 1. The molecule has 6 heteroatoms. The van der Waals surface area contributed by atoms with Crippen molar-refractivity contribution in [3.05, 3.63) is 36.1 Å². The summed E-state index contributed by atoms with van der Waals surface area (Å²) in [5.41, 5.74) is 0. The number of carboxylic acid groups (broad SMARTS) is 1. The lowest BCUT2D eigenvalue weighted by atomic mass is 10.0. The van der Waals surface area contributed by atoms with E-state index in [1.54, 1.807) is 31.4 Å². The zero-order valence-corrected chi connectivity index (χ0v) is 13.5. The molecule has 0 spiro atoms. The van der Waals surface area contributed by atoms with Gasteiger partial charge in [-0.1, -0.05) is 19.9 Å². The van der Waals surface area contributed by atoms with Crippen LogP contribution in [0.1, 0.15) is 20.3 Å². The Kier molecular flexibility index (Phi) is 5.26. The number of carbonyl (C=O) groups excluding carboxylic acids is 1. The summed E-state index contributed by atoms with van der Waals surface area (Å²) in [6.45, 7) is 4.01. The largest absolute Gasteiger partial charge is 0.497 e. The second-order valence-electron chi connectivity index (χ2n) is 5.84. The second kappa shape index (κ2) is 7.17. The lowest BCUT2D eigenvalue weighted by molar-refractivity contribution is -0.148. The average molecular weight is 319 g/mol. The number of hydrogen-bond acceptors (Lipinski definition) is 4. The minimum Gasteiger partial charge on any atom is -0.497 e. The summed E-state index contributed by atoms with van der Waals surface area (Å²) in [6, 6.07) is 6.18. The number of carbonyl (C=O) groups is 2. The number of carboxylic acids is 1. The third-order valence-electron chi connectivity index (χ3n) is 3.54. The van der Waals surface area contributed by atoms with Crippen molar-refractivity contribution in [2.75, 3.05) is 13.7 Å². The van der Waals surface area contributed by atoms with Crippen LogP contribution in [0.2, 0.25) is 0 Å². The van der Waals surface area contributed by atoms with E-state index in [2.05, 4.69) is 0 Å². The molecule has 0 aliphatic carbocycles. The maximum Gasteiger partial charge on any atom is 0.326 e. The lowest BCUT2D eigenvalue weighted by Crippen LogP contribution is -2.43. The lowest BCUT2D eigenvalue weighted by Gasteiger charge is -2.25. The van der Waals surface area contributed by atoms with Crippen molar-refractivity contribution in [2.24, 2.45) is 5.92 Å². The van der Waals surface area contributed by atoms with E-state index in [0.717, 1.165) is 0 Å². The van der Waals surface area contributed by atoms with E-state index < -0.39 is 12.0 Å². The van der Waals surface area contributed by atoms with E-state index >= 15 is 0 Å². The highest BCUT2D eigenvalue weighted by molar-refractivity contribution is 5.94. The predicted molar refractivity (Wildman–Crippen MR) is 84.3 cm³/mol. The molecule has 1 amide bonds. The van der Waals surface area contributed by atoms with Gasteiger partial charge in [-0.2, -0.15) is 0 Å². The molecule has 124 valence electrons. The molecule has 1 N–H and O–H groups in total. The summed E-state index contributed by atoms with van der Waals surface area (Å²) in [6.07, 6.45) is 1.75. The molecule has 0 saturated carbocycles. The fraction of sp³-hybridized carbons (Fsp3) is 0.412. The highest BCUT2D eigenvalue weighted by Crippen LogP contribution is 2.25. The molecule has 2 rings (SSSR count). The highest BCUT2D eigenvalue weighted by Gasteiger charge is 2.34. The Labute approximate surface area is 135 Å². The summed E-state index contributed by atoms with van der Waals surface area (Å²) in [7, 11) is 1.56. The van der Waals surface area contributed by atoms with Crippen LogP contribution < -0.4 is 9.47 Å². The van der Waals surface area contributed by atoms with Gasteiger partial charge in [0.2, 0.25) is 0 Å². The molecule has 1 atom stereocenters. The molecule has 23 heavy (non-hydrogen) atoms. The first-order chi connectivity index (χ1) is 10.9. The second-order valence-corrected chi connectivity index (χ2v) is 5.84. The van der Waals surface area contributed by atoms with Gasteiger partial charge in [0.15, 0.2) is 0 Å². The molecule has 1 aliphatic rings. The monoisotopic (exact) mass is 319 g/mol. The van der Waals surface area contributed by atoms with Crippen molar-refractivity contribution in [3.8, 4) is 11.5 Å². The standard InChI is InChI=1S/C17H21NO5/c1-11(2)7-15(17(20)21)18-10-14(9-16(18)19)23-13-6-4-5-12(8-13)22-3/h4-6,8-9,11,15H,7,10H2,1-3H3,(H,20,21). The van der Waals surface area contributed by atoms with E-state index in [0.29, 0.717) is 23.7 Å². The average Bonchev–Trinajstić information content (AvgIpc) is 2.84. The van der Waals surface area contributed by atoms with Gasteiger partial charge in [0, 0.05) is 12.1 Å². The first-order valence-electron chi connectivity index (χ1n) is 7.46. The van der Waals surface area contributed by atoms with Crippen molar-refractivity contribution in [2.45, 2.75) is 26.3 Å². The number of benzene rings is 1. The minimum atomic E-state index is -0.997. The van der Waals surface area contributed by atoms with Crippen LogP contribution in [0.4, 0.5) is 0 Å². The topological polar surface area (TPSA) is 76.1 Å². The Morgan fingerprint density at radius 1 is 1.35 bits per heavy atom. The van der Waals surface area contributed by atoms with Gasteiger partial charge >= 0.3 is 5.97 Å². The molecule has 0 radical (unpaired) electrons. The number of ether oxygens (including phenoxy) is 2. The van der Waals surface area contributed by atoms with Crippen molar-refractivity contribution >= 4 is 11.9 Å².